The van der Waals surface area contributed by atoms with Crippen LogP contribution in [-0.2, 0) is 11.2 Å². The fourth-order valence-corrected chi connectivity index (χ4v) is 5.38. The summed E-state index contributed by atoms with van der Waals surface area (Å²) in [6.45, 7) is 2.74. The van der Waals surface area contributed by atoms with Crippen molar-refractivity contribution in [3.63, 3.8) is 0 Å². The number of benzene rings is 3. The molecule has 4 rings (SSSR count). The quantitative estimate of drug-likeness (QED) is 0.452. The summed E-state index contributed by atoms with van der Waals surface area (Å²) in [7, 11) is 1.64. The van der Waals surface area contributed by atoms with Gasteiger partial charge in [-0.1, -0.05) is 61.5 Å². The molecule has 1 fully saturated rings. The van der Waals surface area contributed by atoms with E-state index in [4.69, 9.17) is 4.74 Å². The van der Waals surface area contributed by atoms with E-state index in [1.807, 2.05) is 71.6 Å². The molecule has 0 radical (unpaired) electrons. The first-order valence-electron chi connectivity index (χ1n) is 11.6. The van der Waals surface area contributed by atoms with Gasteiger partial charge in [0.15, 0.2) is 0 Å². The normalized spacial score (nSPS) is 16.4. The van der Waals surface area contributed by atoms with E-state index in [2.05, 4.69) is 24.4 Å². The molecule has 0 aromatic heterocycles. The van der Waals surface area contributed by atoms with E-state index in [1.54, 1.807) is 18.9 Å². The second kappa shape index (κ2) is 11.3. The van der Waals surface area contributed by atoms with Crippen molar-refractivity contribution in [1.82, 2.24) is 10.2 Å². The number of nitrogens with one attached hydrogen (secondary N) is 1. The van der Waals surface area contributed by atoms with Gasteiger partial charge in [0, 0.05) is 12.1 Å². The molecule has 2 unspecified atom stereocenters. The average Bonchev–Trinajstić information content (AvgIpc) is 3.26. The van der Waals surface area contributed by atoms with Crippen LogP contribution in [0.3, 0.4) is 0 Å². The summed E-state index contributed by atoms with van der Waals surface area (Å²) in [4.78, 5) is 27.4. The van der Waals surface area contributed by atoms with Crippen molar-refractivity contribution in [3.05, 3.63) is 101 Å². The van der Waals surface area contributed by atoms with E-state index < -0.39 is 0 Å². The lowest BCUT2D eigenvalue weighted by Gasteiger charge is -2.24. The first-order valence-corrected chi connectivity index (χ1v) is 12.6. The van der Waals surface area contributed by atoms with E-state index >= 15 is 0 Å². The van der Waals surface area contributed by atoms with Crippen LogP contribution in [0.2, 0.25) is 0 Å². The summed E-state index contributed by atoms with van der Waals surface area (Å²) in [5, 5.41) is 3.11. The Morgan fingerprint density at radius 1 is 1.06 bits per heavy atom. The van der Waals surface area contributed by atoms with E-state index in [1.165, 1.54) is 5.56 Å². The van der Waals surface area contributed by atoms with Crippen LogP contribution in [0.15, 0.2) is 78.9 Å². The Morgan fingerprint density at radius 2 is 1.76 bits per heavy atom. The SMILES string of the molecule is CCC(NC(=O)c1ccc(C2SCC(=O)N2CCc2ccccc2)cc1)c1ccc(OC)cc1. The van der Waals surface area contributed by atoms with Gasteiger partial charge >= 0.3 is 0 Å². The van der Waals surface area contributed by atoms with Crippen molar-refractivity contribution in [2.45, 2.75) is 31.2 Å². The summed E-state index contributed by atoms with van der Waals surface area (Å²) in [6.07, 6.45) is 1.61. The summed E-state index contributed by atoms with van der Waals surface area (Å²) >= 11 is 1.64. The van der Waals surface area contributed by atoms with Crippen molar-refractivity contribution < 1.29 is 14.3 Å². The number of thioether (sulfide) groups is 1. The smallest absolute Gasteiger partial charge is 0.251 e. The highest BCUT2D eigenvalue weighted by Gasteiger charge is 2.32. The molecule has 6 heteroatoms. The largest absolute Gasteiger partial charge is 0.497 e. The Balaban J connectivity index is 1.40. The Morgan fingerprint density at radius 3 is 2.41 bits per heavy atom. The molecular weight excluding hydrogens is 444 g/mol. The Bertz CT molecular complexity index is 1100. The number of carbonyl (C=O) groups is 2. The molecule has 1 N–H and O–H groups in total. The molecule has 3 aromatic rings. The van der Waals surface area contributed by atoms with Crippen molar-refractivity contribution in [2.75, 3.05) is 19.4 Å². The molecule has 0 spiro atoms. The number of amides is 2. The van der Waals surface area contributed by atoms with E-state index in [-0.39, 0.29) is 23.2 Å². The summed E-state index contributed by atoms with van der Waals surface area (Å²) in [5.41, 5.74) is 3.92. The van der Waals surface area contributed by atoms with Crippen LogP contribution in [0.1, 0.15) is 51.8 Å². The third-order valence-corrected chi connectivity index (χ3v) is 7.40. The zero-order chi connectivity index (χ0) is 23.9. The monoisotopic (exact) mass is 474 g/mol. The third-order valence-electron chi connectivity index (χ3n) is 6.14. The number of methoxy groups -OCH3 is 1. The molecule has 176 valence electrons. The number of hydrogen-bond acceptors (Lipinski definition) is 4. The van der Waals surface area contributed by atoms with Crippen LogP contribution in [0.5, 0.6) is 5.75 Å². The zero-order valence-electron chi connectivity index (χ0n) is 19.6. The van der Waals surface area contributed by atoms with Gasteiger partial charge in [-0.05, 0) is 53.8 Å². The van der Waals surface area contributed by atoms with E-state index in [0.717, 1.165) is 29.7 Å². The summed E-state index contributed by atoms with van der Waals surface area (Å²) in [5.74, 6) is 1.34. The number of hydrogen-bond donors (Lipinski definition) is 1. The van der Waals surface area contributed by atoms with E-state index in [9.17, 15) is 9.59 Å². The molecule has 1 heterocycles. The first-order chi connectivity index (χ1) is 16.6. The van der Waals surface area contributed by atoms with Gasteiger partial charge in [0.1, 0.15) is 11.1 Å². The van der Waals surface area contributed by atoms with Gasteiger partial charge in [0.05, 0.1) is 18.9 Å². The van der Waals surface area contributed by atoms with Crippen molar-refractivity contribution in [2.24, 2.45) is 0 Å². The Labute approximate surface area is 205 Å². The average molecular weight is 475 g/mol. The highest BCUT2D eigenvalue weighted by molar-refractivity contribution is 8.00. The maximum Gasteiger partial charge on any atom is 0.251 e. The second-order valence-corrected chi connectivity index (χ2v) is 9.38. The third kappa shape index (κ3) is 5.62. The predicted molar refractivity (Wildman–Crippen MR) is 137 cm³/mol. The fraction of sp³-hybridized carbons (Fsp3) is 0.286. The molecule has 34 heavy (non-hydrogen) atoms. The van der Waals surface area contributed by atoms with Gasteiger partial charge in [0.25, 0.3) is 5.91 Å². The van der Waals surface area contributed by atoms with Gasteiger partial charge in [0.2, 0.25) is 5.91 Å². The molecular formula is C28H30N2O3S. The lowest BCUT2D eigenvalue weighted by atomic mass is 10.0. The maximum absolute atomic E-state index is 12.9. The fourth-order valence-electron chi connectivity index (χ4n) is 4.16. The standard InChI is InChI=1S/C28H30N2O3S/c1-3-25(21-13-15-24(33-2)16-14-21)29-27(32)22-9-11-23(12-10-22)28-30(26(31)19-34-28)18-17-20-7-5-4-6-8-20/h4-16,25,28H,3,17-19H2,1-2H3,(H,29,32). The minimum Gasteiger partial charge on any atom is -0.497 e. The number of ether oxygens (including phenoxy) is 1. The van der Waals surface area contributed by atoms with Gasteiger partial charge in [-0.2, -0.15) is 0 Å². The predicted octanol–water partition coefficient (Wildman–Crippen LogP) is 5.39. The molecule has 3 aromatic carbocycles. The highest BCUT2D eigenvalue weighted by Crippen LogP contribution is 2.38. The molecule has 2 amide bonds. The Kier molecular flexibility index (Phi) is 7.91. The van der Waals surface area contributed by atoms with Crippen molar-refractivity contribution in [3.8, 4) is 5.75 Å². The highest BCUT2D eigenvalue weighted by atomic mass is 32.2. The summed E-state index contributed by atoms with van der Waals surface area (Å²) in [6, 6.07) is 25.6. The van der Waals surface area contributed by atoms with Crippen LogP contribution >= 0.6 is 11.8 Å². The van der Waals surface area contributed by atoms with Crippen LogP contribution in [-0.4, -0.2) is 36.1 Å². The van der Waals surface area contributed by atoms with Crippen LogP contribution < -0.4 is 10.1 Å². The molecule has 0 saturated carbocycles. The van der Waals surface area contributed by atoms with Crippen LogP contribution in [0, 0.1) is 0 Å². The minimum atomic E-state index is -0.106. The number of carbonyl (C=O) groups excluding carboxylic acids is 2. The first kappa shape index (κ1) is 23.9. The number of rotatable bonds is 9. The molecule has 0 bridgehead atoms. The second-order valence-electron chi connectivity index (χ2n) is 8.32. The number of nitrogens with zero attached hydrogens (tertiary/aromatic N) is 1. The summed E-state index contributed by atoms with van der Waals surface area (Å²) < 4.78 is 5.22. The Hall–Kier alpha value is -3.25. The van der Waals surface area contributed by atoms with E-state index in [0.29, 0.717) is 17.9 Å². The molecule has 1 aliphatic rings. The zero-order valence-corrected chi connectivity index (χ0v) is 20.4. The molecule has 2 atom stereocenters. The van der Waals surface area contributed by atoms with Gasteiger partial charge < -0.3 is 15.0 Å². The van der Waals surface area contributed by atoms with Crippen molar-refractivity contribution in [1.29, 1.82) is 0 Å². The van der Waals surface area contributed by atoms with Gasteiger partial charge in [-0.25, -0.2) is 0 Å². The maximum atomic E-state index is 12.9. The van der Waals surface area contributed by atoms with Crippen LogP contribution in [0.4, 0.5) is 0 Å². The molecule has 1 aliphatic heterocycles. The van der Waals surface area contributed by atoms with Gasteiger partial charge in [-0.15, -0.1) is 11.8 Å². The van der Waals surface area contributed by atoms with Crippen LogP contribution in [0.25, 0.3) is 0 Å². The topological polar surface area (TPSA) is 58.6 Å². The minimum absolute atomic E-state index is 0.0176. The molecule has 0 aliphatic carbocycles. The van der Waals surface area contributed by atoms with Gasteiger partial charge in [-0.3, -0.25) is 9.59 Å². The lowest BCUT2D eigenvalue weighted by molar-refractivity contribution is -0.128. The molecule has 5 nitrogen and oxygen atoms in total. The van der Waals surface area contributed by atoms with Crippen molar-refractivity contribution >= 4 is 23.6 Å². The lowest BCUT2D eigenvalue weighted by Crippen LogP contribution is -2.30. The molecule has 1 saturated heterocycles.